The number of hydrogen-bond acceptors (Lipinski definition) is 4. The van der Waals surface area contributed by atoms with Gasteiger partial charge in [0.05, 0.1) is 11.3 Å². The third-order valence-electron chi connectivity index (χ3n) is 6.95. The number of nitrogens with zero attached hydrogens (tertiary/aromatic N) is 3. The lowest BCUT2D eigenvalue weighted by molar-refractivity contribution is -0.121. The van der Waals surface area contributed by atoms with E-state index in [0.29, 0.717) is 55.9 Å². The van der Waals surface area contributed by atoms with E-state index in [1.807, 2.05) is 25.1 Å². The first kappa shape index (κ1) is 21.8. The highest BCUT2D eigenvalue weighted by atomic mass is 16.2. The molecule has 3 heterocycles. The molecular formula is C24H34N4O3. The van der Waals surface area contributed by atoms with Gasteiger partial charge in [-0.25, -0.2) is 0 Å². The number of hydrogen-bond donors (Lipinski definition) is 1. The van der Waals surface area contributed by atoms with E-state index in [0.717, 1.165) is 6.54 Å². The lowest BCUT2D eigenvalue weighted by Gasteiger charge is -2.48. The smallest absolute Gasteiger partial charge is 0.257 e. The summed E-state index contributed by atoms with van der Waals surface area (Å²) in [6.45, 7) is 8.66. The predicted octanol–water partition coefficient (Wildman–Crippen LogP) is 2.61. The molecule has 3 amide bonds. The predicted molar refractivity (Wildman–Crippen MR) is 120 cm³/mol. The number of carbonyl (C=O) groups excluding carboxylic acids is 3. The van der Waals surface area contributed by atoms with Crippen molar-refractivity contribution in [3.63, 3.8) is 0 Å². The van der Waals surface area contributed by atoms with Crippen molar-refractivity contribution in [1.82, 2.24) is 15.1 Å². The quantitative estimate of drug-likeness (QED) is 0.694. The standard InChI is InChI=1S/C24H34N4O3/c1-18(17-26-13-5-6-14-26)16-25-21(29)10-7-15-27-23(31)19-8-3-4-9-20(19)28-22(30)11-12-24(27,28)2/h3-4,8-9,18H,5-7,10-17H2,1-2H3,(H,25,29). The molecule has 0 radical (unpaired) electrons. The molecule has 168 valence electrons. The molecule has 0 aromatic heterocycles. The number of carbonyl (C=O) groups is 3. The SMILES string of the molecule is CC(CNC(=O)CCCN1C(=O)c2ccccc2N2C(=O)CCC12C)CN1CCCC1. The molecule has 0 bridgehead atoms. The Hall–Kier alpha value is -2.41. The molecule has 2 atom stereocenters. The molecule has 31 heavy (non-hydrogen) atoms. The second-order valence-corrected chi connectivity index (χ2v) is 9.44. The van der Waals surface area contributed by atoms with E-state index in [4.69, 9.17) is 0 Å². The summed E-state index contributed by atoms with van der Waals surface area (Å²) >= 11 is 0. The fourth-order valence-corrected chi connectivity index (χ4v) is 5.29. The van der Waals surface area contributed by atoms with Crippen LogP contribution >= 0.6 is 0 Å². The van der Waals surface area contributed by atoms with Crippen LogP contribution in [0.15, 0.2) is 24.3 Å². The minimum atomic E-state index is -0.650. The monoisotopic (exact) mass is 426 g/mol. The number of fused-ring (bicyclic) bond motifs is 3. The Balaban J connectivity index is 1.31. The largest absolute Gasteiger partial charge is 0.356 e. The van der Waals surface area contributed by atoms with E-state index in [1.165, 1.54) is 25.9 Å². The molecule has 1 N–H and O–H groups in total. The van der Waals surface area contributed by atoms with Crippen LogP contribution in [0.4, 0.5) is 5.69 Å². The highest BCUT2D eigenvalue weighted by molar-refractivity contribution is 6.10. The van der Waals surface area contributed by atoms with Crippen LogP contribution in [0.3, 0.4) is 0 Å². The average molecular weight is 427 g/mol. The molecular weight excluding hydrogens is 392 g/mol. The number of rotatable bonds is 8. The van der Waals surface area contributed by atoms with Crippen molar-refractivity contribution in [2.45, 2.75) is 58.0 Å². The Morgan fingerprint density at radius 2 is 1.94 bits per heavy atom. The fourth-order valence-electron chi connectivity index (χ4n) is 5.29. The van der Waals surface area contributed by atoms with Crippen LogP contribution in [0, 0.1) is 5.92 Å². The zero-order chi connectivity index (χ0) is 22.0. The summed E-state index contributed by atoms with van der Waals surface area (Å²) in [4.78, 5) is 44.2. The minimum absolute atomic E-state index is 0.0302. The van der Waals surface area contributed by atoms with Crippen LogP contribution in [0.2, 0.25) is 0 Å². The Morgan fingerprint density at radius 1 is 1.19 bits per heavy atom. The summed E-state index contributed by atoms with van der Waals surface area (Å²) in [5.41, 5.74) is 0.623. The zero-order valence-corrected chi connectivity index (χ0v) is 18.7. The average Bonchev–Trinajstić information content (AvgIpc) is 3.37. The van der Waals surface area contributed by atoms with Crippen LogP contribution in [-0.2, 0) is 9.59 Å². The van der Waals surface area contributed by atoms with Gasteiger partial charge in [-0.2, -0.15) is 0 Å². The number of nitrogens with one attached hydrogen (secondary N) is 1. The third-order valence-corrected chi connectivity index (χ3v) is 6.95. The molecule has 3 aliphatic rings. The van der Waals surface area contributed by atoms with Gasteiger partial charge in [0.15, 0.2) is 0 Å². The van der Waals surface area contributed by atoms with Gasteiger partial charge in [-0.15, -0.1) is 0 Å². The first-order chi connectivity index (χ1) is 14.9. The summed E-state index contributed by atoms with van der Waals surface area (Å²) < 4.78 is 0. The highest BCUT2D eigenvalue weighted by Crippen LogP contribution is 2.43. The molecule has 4 rings (SSSR count). The van der Waals surface area contributed by atoms with Crippen LogP contribution in [0.5, 0.6) is 0 Å². The fraction of sp³-hybridized carbons (Fsp3) is 0.625. The maximum atomic E-state index is 13.2. The number of anilines is 1. The Labute approximate surface area is 184 Å². The van der Waals surface area contributed by atoms with Gasteiger partial charge in [0, 0.05) is 32.5 Å². The van der Waals surface area contributed by atoms with Crippen LogP contribution in [-0.4, -0.2) is 65.9 Å². The number of benzene rings is 1. The van der Waals surface area contributed by atoms with Crippen molar-refractivity contribution in [3.05, 3.63) is 29.8 Å². The van der Waals surface area contributed by atoms with Crippen molar-refractivity contribution >= 4 is 23.4 Å². The maximum Gasteiger partial charge on any atom is 0.257 e. The van der Waals surface area contributed by atoms with Gasteiger partial charge in [0.25, 0.3) is 5.91 Å². The van der Waals surface area contributed by atoms with E-state index >= 15 is 0 Å². The third kappa shape index (κ3) is 4.33. The van der Waals surface area contributed by atoms with E-state index in [2.05, 4.69) is 17.1 Å². The Kier molecular flexibility index (Phi) is 6.32. The summed E-state index contributed by atoms with van der Waals surface area (Å²) in [6, 6.07) is 7.32. The van der Waals surface area contributed by atoms with E-state index in [1.54, 1.807) is 15.9 Å². The van der Waals surface area contributed by atoms with Crippen molar-refractivity contribution in [2.24, 2.45) is 5.92 Å². The summed E-state index contributed by atoms with van der Waals surface area (Å²) in [5.74, 6) is 0.461. The van der Waals surface area contributed by atoms with Gasteiger partial charge in [-0.3, -0.25) is 19.3 Å². The lowest BCUT2D eigenvalue weighted by Crippen LogP contribution is -2.62. The second kappa shape index (κ2) is 8.99. The Morgan fingerprint density at radius 3 is 2.71 bits per heavy atom. The molecule has 1 aromatic rings. The Bertz CT molecular complexity index is 851. The van der Waals surface area contributed by atoms with Gasteiger partial charge in [-0.1, -0.05) is 19.1 Å². The van der Waals surface area contributed by atoms with Crippen molar-refractivity contribution < 1.29 is 14.4 Å². The molecule has 7 nitrogen and oxygen atoms in total. The zero-order valence-electron chi connectivity index (χ0n) is 18.7. The molecule has 3 aliphatic heterocycles. The van der Waals surface area contributed by atoms with E-state index < -0.39 is 5.66 Å². The van der Waals surface area contributed by atoms with E-state index in [-0.39, 0.29) is 17.7 Å². The summed E-state index contributed by atoms with van der Waals surface area (Å²) in [7, 11) is 0. The van der Waals surface area contributed by atoms with Crippen molar-refractivity contribution in [1.29, 1.82) is 0 Å². The molecule has 0 spiro atoms. The van der Waals surface area contributed by atoms with Gasteiger partial charge in [0.2, 0.25) is 11.8 Å². The molecule has 2 saturated heterocycles. The van der Waals surface area contributed by atoms with Crippen LogP contribution in [0.25, 0.3) is 0 Å². The first-order valence-corrected chi connectivity index (χ1v) is 11.6. The molecule has 0 saturated carbocycles. The van der Waals surface area contributed by atoms with Crippen molar-refractivity contribution in [3.8, 4) is 0 Å². The highest BCUT2D eigenvalue weighted by Gasteiger charge is 2.52. The summed E-state index contributed by atoms with van der Waals surface area (Å²) in [5, 5.41) is 3.05. The summed E-state index contributed by atoms with van der Waals surface area (Å²) in [6.07, 6.45) is 4.57. The normalized spacial score (nSPS) is 24.3. The maximum absolute atomic E-state index is 13.2. The number of para-hydroxylation sites is 1. The van der Waals surface area contributed by atoms with Gasteiger partial charge in [-0.05, 0) is 63.7 Å². The van der Waals surface area contributed by atoms with Crippen LogP contribution < -0.4 is 10.2 Å². The van der Waals surface area contributed by atoms with Gasteiger partial charge < -0.3 is 15.1 Å². The topological polar surface area (TPSA) is 73.0 Å². The minimum Gasteiger partial charge on any atom is -0.356 e. The van der Waals surface area contributed by atoms with Crippen molar-refractivity contribution in [2.75, 3.05) is 37.6 Å². The van der Waals surface area contributed by atoms with Crippen LogP contribution in [0.1, 0.15) is 62.7 Å². The molecule has 0 aliphatic carbocycles. The number of amides is 3. The molecule has 1 aromatic carbocycles. The molecule has 2 fully saturated rings. The van der Waals surface area contributed by atoms with Gasteiger partial charge >= 0.3 is 0 Å². The molecule has 2 unspecified atom stereocenters. The number of likely N-dealkylation sites (tertiary alicyclic amines) is 1. The van der Waals surface area contributed by atoms with E-state index in [9.17, 15) is 14.4 Å². The second-order valence-electron chi connectivity index (χ2n) is 9.44. The lowest BCUT2D eigenvalue weighted by atomic mass is 9.98. The first-order valence-electron chi connectivity index (χ1n) is 11.6. The van der Waals surface area contributed by atoms with Gasteiger partial charge in [0.1, 0.15) is 5.66 Å². The molecule has 7 heteroatoms.